The first kappa shape index (κ1) is 17.5. The Labute approximate surface area is 148 Å². The lowest BCUT2D eigenvalue weighted by molar-refractivity contribution is 0.423. The summed E-state index contributed by atoms with van der Waals surface area (Å²) >= 11 is 1.79. The van der Waals surface area contributed by atoms with Crippen LogP contribution in [0.15, 0.2) is 64.4 Å². The van der Waals surface area contributed by atoms with Crippen molar-refractivity contribution in [2.75, 3.05) is 0 Å². The van der Waals surface area contributed by atoms with Crippen LogP contribution >= 0.6 is 11.8 Å². The van der Waals surface area contributed by atoms with Crippen LogP contribution in [0.2, 0.25) is 0 Å². The van der Waals surface area contributed by atoms with E-state index in [1.165, 1.54) is 10.5 Å². The molecule has 1 aliphatic rings. The van der Waals surface area contributed by atoms with Crippen LogP contribution < -0.4 is 4.72 Å². The van der Waals surface area contributed by atoms with Crippen LogP contribution in [-0.4, -0.2) is 19.7 Å². The van der Waals surface area contributed by atoms with Crippen molar-refractivity contribution in [2.45, 2.75) is 53.7 Å². The summed E-state index contributed by atoms with van der Waals surface area (Å²) in [5.41, 5.74) is 1.24. The summed E-state index contributed by atoms with van der Waals surface area (Å²) < 4.78 is 28.2. The summed E-state index contributed by atoms with van der Waals surface area (Å²) in [5.74, 6) is 0. The zero-order valence-electron chi connectivity index (χ0n) is 13.8. The van der Waals surface area contributed by atoms with Crippen molar-refractivity contribution in [3.05, 3.63) is 60.2 Å². The van der Waals surface area contributed by atoms with Gasteiger partial charge in [0, 0.05) is 16.2 Å². The van der Waals surface area contributed by atoms with E-state index in [4.69, 9.17) is 0 Å². The number of rotatable bonds is 5. The molecule has 0 radical (unpaired) electrons. The molecule has 1 N–H and O–H groups in total. The van der Waals surface area contributed by atoms with Gasteiger partial charge in [-0.05, 0) is 44.0 Å². The van der Waals surface area contributed by atoms with Crippen LogP contribution in [0.5, 0.6) is 0 Å². The third-order valence-corrected chi connectivity index (χ3v) is 7.29. The lowest BCUT2D eigenvalue weighted by atomic mass is 9.96. The Morgan fingerprint density at radius 2 is 1.62 bits per heavy atom. The molecular formula is C19H23NO2S2. The second-order valence-electron chi connectivity index (χ2n) is 6.29. The number of thioether (sulfide) groups is 1. The minimum Gasteiger partial charge on any atom is -0.207 e. The Kier molecular flexibility index (Phi) is 5.64. The summed E-state index contributed by atoms with van der Waals surface area (Å²) in [5, 5.41) is 0.278. The lowest BCUT2D eigenvalue weighted by Gasteiger charge is -2.31. The summed E-state index contributed by atoms with van der Waals surface area (Å²) in [4.78, 5) is 1.55. The van der Waals surface area contributed by atoms with Crippen molar-refractivity contribution in [1.82, 2.24) is 4.72 Å². The number of aryl methyl sites for hydroxylation is 1. The fourth-order valence-electron chi connectivity index (χ4n) is 3.03. The normalized spacial score (nSPS) is 21.5. The van der Waals surface area contributed by atoms with Crippen molar-refractivity contribution in [3.8, 4) is 0 Å². The van der Waals surface area contributed by atoms with Crippen molar-refractivity contribution in [3.63, 3.8) is 0 Å². The maximum Gasteiger partial charge on any atom is 0.240 e. The van der Waals surface area contributed by atoms with Gasteiger partial charge in [-0.1, -0.05) is 48.7 Å². The zero-order valence-corrected chi connectivity index (χ0v) is 15.4. The molecule has 2 aromatic carbocycles. The highest BCUT2D eigenvalue weighted by Crippen LogP contribution is 2.34. The van der Waals surface area contributed by atoms with Crippen LogP contribution in [0.25, 0.3) is 0 Å². The fourth-order valence-corrected chi connectivity index (χ4v) is 5.75. The molecule has 2 aromatic rings. The number of sulfonamides is 1. The predicted octanol–water partition coefficient (Wildman–Crippen LogP) is 4.38. The number of hydrogen-bond donors (Lipinski definition) is 1. The molecule has 1 fully saturated rings. The highest BCUT2D eigenvalue weighted by atomic mass is 32.2. The minimum atomic E-state index is -3.46. The third-order valence-electron chi connectivity index (χ3n) is 4.37. The van der Waals surface area contributed by atoms with Gasteiger partial charge in [-0.3, -0.25) is 0 Å². The van der Waals surface area contributed by atoms with Crippen LogP contribution in [0.4, 0.5) is 0 Å². The predicted molar refractivity (Wildman–Crippen MR) is 99.8 cm³/mol. The Bertz CT molecular complexity index is 758. The van der Waals surface area contributed by atoms with E-state index in [2.05, 4.69) is 35.9 Å². The highest BCUT2D eigenvalue weighted by molar-refractivity contribution is 8.00. The average Bonchev–Trinajstić information content (AvgIpc) is 2.59. The molecule has 2 unspecified atom stereocenters. The van der Waals surface area contributed by atoms with E-state index in [9.17, 15) is 8.42 Å². The van der Waals surface area contributed by atoms with Crippen LogP contribution in [-0.2, 0) is 10.0 Å². The molecule has 3 nitrogen and oxygen atoms in total. The average molecular weight is 362 g/mol. The van der Waals surface area contributed by atoms with E-state index < -0.39 is 10.0 Å². The van der Waals surface area contributed by atoms with E-state index in [1.54, 1.807) is 36.0 Å². The van der Waals surface area contributed by atoms with E-state index in [0.29, 0.717) is 4.90 Å². The lowest BCUT2D eigenvalue weighted by Crippen LogP contribution is -2.43. The standard InChI is InChI=1S/C19H23NO2S2/c1-15-11-13-16(14-12-15)23-19-10-6-5-9-18(19)20-24(21,22)17-7-3-2-4-8-17/h2-4,7-8,11-14,18-20H,5-6,9-10H2,1H3. The fraction of sp³-hybridized carbons (Fsp3) is 0.368. The monoisotopic (exact) mass is 361 g/mol. The summed E-state index contributed by atoms with van der Waals surface area (Å²) in [6.45, 7) is 2.08. The molecule has 0 bridgehead atoms. The zero-order chi connectivity index (χ0) is 17.0. The molecule has 3 rings (SSSR count). The van der Waals surface area contributed by atoms with Gasteiger partial charge in [0.05, 0.1) is 4.90 Å². The van der Waals surface area contributed by atoms with E-state index in [1.807, 2.05) is 6.07 Å². The first-order valence-electron chi connectivity index (χ1n) is 8.35. The molecule has 1 aliphatic carbocycles. The van der Waals surface area contributed by atoms with Crippen LogP contribution in [0.1, 0.15) is 31.2 Å². The van der Waals surface area contributed by atoms with Gasteiger partial charge < -0.3 is 0 Å². The van der Waals surface area contributed by atoms with Gasteiger partial charge in [0.1, 0.15) is 0 Å². The number of benzene rings is 2. The van der Waals surface area contributed by atoms with Crippen molar-refractivity contribution >= 4 is 21.8 Å². The van der Waals surface area contributed by atoms with Gasteiger partial charge in [0.15, 0.2) is 0 Å². The summed E-state index contributed by atoms with van der Waals surface area (Å²) in [7, 11) is -3.46. The number of nitrogens with one attached hydrogen (secondary N) is 1. The van der Waals surface area contributed by atoms with Gasteiger partial charge in [-0.25, -0.2) is 13.1 Å². The Morgan fingerprint density at radius 3 is 2.33 bits per heavy atom. The second-order valence-corrected chi connectivity index (χ2v) is 9.32. The van der Waals surface area contributed by atoms with Crippen LogP contribution in [0, 0.1) is 6.92 Å². The quantitative estimate of drug-likeness (QED) is 0.860. The first-order valence-corrected chi connectivity index (χ1v) is 10.7. The highest BCUT2D eigenvalue weighted by Gasteiger charge is 2.30. The smallest absolute Gasteiger partial charge is 0.207 e. The molecule has 0 aliphatic heterocycles. The summed E-state index contributed by atoms with van der Waals surface area (Å²) in [6, 6.07) is 17.1. The summed E-state index contributed by atoms with van der Waals surface area (Å²) in [6.07, 6.45) is 4.18. The molecule has 0 spiro atoms. The van der Waals surface area contributed by atoms with Gasteiger partial charge >= 0.3 is 0 Å². The molecule has 24 heavy (non-hydrogen) atoms. The molecule has 128 valence electrons. The van der Waals surface area contributed by atoms with Crippen molar-refractivity contribution in [1.29, 1.82) is 0 Å². The third kappa shape index (κ3) is 4.41. The topological polar surface area (TPSA) is 46.2 Å². The molecule has 0 heterocycles. The van der Waals surface area contributed by atoms with Gasteiger partial charge in [0.2, 0.25) is 10.0 Å². The molecule has 1 saturated carbocycles. The van der Waals surface area contributed by atoms with Gasteiger partial charge in [-0.2, -0.15) is 0 Å². The maximum atomic E-state index is 12.6. The Morgan fingerprint density at radius 1 is 0.958 bits per heavy atom. The Hall–Kier alpha value is -1.30. The number of hydrogen-bond acceptors (Lipinski definition) is 3. The van der Waals surface area contributed by atoms with E-state index >= 15 is 0 Å². The van der Waals surface area contributed by atoms with Crippen molar-refractivity contribution in [2.24, 2.45) is 0 Å². The van der Waals surface area contributed by atoms with E-state index in [0.717, 1.165) is 25.7 Å². The Balaban J connectivity index is 1.74. The SMILES string of the molecule is Cc1ccc(SC2CCCCC2NS(=O)(=O)c2ccccc2)cc1. The molecule has 5 heteroatoms. The van der Waals surface area contributed by atoms with E-state index in [-0.39, 0.29) is 11.3 Å². The maximum absolute atomic E-state index is 12.6. The first-order chi connectivity index (χ1) is 11.5. The molecule has 0 saturated heterocycles. The molecule has 0 aromatic heterocycles. The molecular weight excluding hydrogens is 338 g/mol. The minimum absolute atomic E-state index is 0.0183. The largest absolute Gasteiger partial charge is 0.240 e. The second kappa shape index (κ2) is 7.72. The van der Waals surface area contributed by atoms with Gasteiger partial charge in [-0.15, -0.1) is 11.8 Å². The van der Waals surface area contributed by atoms with Gasteiger partial charge in [0.25, 0.3) is 0 Å². The molecule has 0 amide bonds. The molecule has 2 atom stereocenters. The van der Waals surface area contributed by atoms with Crippen molar-refractivity contribution < 1.29 is 8.42 Å². The van der Waals surface area contributed by atoms with Crippen LogP contribution in [0.3, 0.4) is 0 Å².